The van der Waals surface area contributed by atoms with E-state index in [2.05, 4.69) is 5.32 Å². The fraction of sp³-hybridized carbons (Fsp3) is 0.381. The lowest BCUT2D eigenvalue weighted by atomic mass is 10.1. The van der Waals surface area contributed by atoms with Crippen LogP contribution in [0.3, 0.4) is 0 Å². The van der Waals surface area contributed by atoms with Crippen molar-refractivity contribution in [3.8, 4) is 10.4 Å². The second-order valence-electron chi connectivity index (χ2n) is 7.02. The number of hydrogen-bond donors (Lipinski definition) is 1. The Morgan fingerprint density at radius 1 is 1.07 bits per heavy atom. The summed E-state index contributed by atoms with van der Waals surface area (Å²) in [5.41, 5.74) is 1.82. The molecular formula is C21H24FN3O3S. The monoisotopic (exact) mass is 417 g/mol. The Morgan fingerprint density at radius 3 is 2.31 bits per heavy atom. The van der Waals surface area contributed by atoms with Crippen LogP contribution in [0.25, 0.3) is 10.4 Å². The molecule has 8 heteroatoms. The van der Waals surface area contributed by atoms with E-state index in [4.69, 9.17) is 0 Å². The topological polar surface area (TPSA) is 69.7 Å². The molecular weight excluding hydrogens is 393 g/mol. The summed E-state index contributed by atoms with van der Waals surface area (Å²) < 4.78 is 13.1. The fourth-order valence-corrected chi connectivity index (χ4v) is 4.38. The average Bonchev–Trinajstić information content (AvgIpc) is 3.10. The van der Waals surface area contributed by atoms with Crippen LogP contribution in [0.15, 0.2) is 30.3 Å². The van der Waals surface area contributed by atoms with Crippen molar-refractivity contribution < 1.29 is 18.8 Å². The number of rotatable bonds is 5. The number of carbonyl (C=O) groups excluding carboxylic acids is 3. The summed E-state index contributed by atoms with van der Waals surface area (Å²) >= 11 is 1.35. The largest absolute Gasteiger partial charge is 0.351 e. The van der Waals surface area contributed by atoms with Gasteiger partial charge < -0.3 is 15.1 Å². The van der Waals surface area contributed by atoms with E-state index in [0.29, 0.717) is 31.1 Å². The summed E-state index contributed by atoms with van der Waals surface area (Å²) in [6.45, 7) is 5.85. The van der Waals surface area contributed by atoms with Crippen LogP contribution in [-0.4, -0.2) is 60.2 Å². The molecule has 2 heterocycles. The van der Waals surface area contributed by atoms with Crippen molar-refractivity contribution in [1.29, 1.82) is 0 Å². The highest BCUT2D eigenvalue weighted by molar-refractivity contribution is 7.17. The highest BCUT2D eigenvalue weighted by Gasteiger charge is 2.22. The van der Waals surface area contributed by atoms with Crippen molar-refractivity contribution in [1.82, 2.24) is 15.1 Å². The van der Waals surface area contributed by atoms with E-state index < -0.39 is 0 Å². The Labute approximate surface area is 173 Å². The minimum atomic E-state index is -0.298. The third kappa shape index (κ3) is 5.20. The van der Waals surface area contributed by atoms with Crippen LogP contribution >= 0.6 is 11.3 Å². The number of carbonyl (C=O) groups is 3. The van der Waals surface area contributed by atoms with Crippen LogP contribution in [0.5, 0.6) is 0 Å². The molecule has 3 amide bonds. The van der Waals surface area contributed by atoms with Crippen LogP contribution < -0.4 is 5.32 Å². The summed E-state index contributed by atoms with van der Waals surface area (Å²) in [6.07, 6.45) is 0.223. The standard InChI is InChI=1S/C21H24FN3O3S/c1-14-13-18(29-20(14)16-3-5-17(22)6-4-16)21(28)23-8-7-19(27)25-11-9-24(10-12-25)15(2)26/h3-6,13H,7-12H2,1-2H3,(H,23,28). The molecule has 0 atom stereocenters. The molecule has 29 heavy (non-hydrogen) atoms. The minimum absolute atomic E-state index is 0.0237. The van der Waals surface area contributed by atoms with E-state index in [1.807, 2.05) is 13.0 Å². The molecule has 3 rings (SSSR count). The maximum Gasteiger partial charge on any atom is 0.261 e. The molecule has 0 spiro atoms. The summed E-state index contributed by atoms with van der Waals surface area (Å²) in [5, 5.41) is 2.80. The first-order valence-corrected chi connectivity index (χ1v) is 10.3. The Bertz CT molecular complexity index is 902. The zero-order chi connectivity index (χ0) is 21.0. The van der Waals surface area contributed by atoms with Gasteiger partial charge in [-0.05, 0) is 36.2 Å². The van der Waals surface area contributed by atoms with Gasteiger partial charge in [0.2, 0.25) is 11.8 Å². The fourth-order valence-electron chi connectivity index (χ4n) is 3.28. The van der Waals surface area contributed by atoms with E-state index in [9.17, 15) is 18.8 Å². The van der Waals surface area contributed by atoms with Gasteiger partial charge in [0.15, 0.2) is 0 Å². The van der Waals surface area contributed by atoms with Crippen LogP contribution in [0.4, 0.5) is 4.39 Å². The van der Waals surface area contributed by atoms with E-state index >= 15 is 0 Å². The highest BCUT2D eigenvalue weighted by atomic mass is 32.1. The molecule has 0 bridgehead atoms. The molecule has 1 aromatic heterocycles. The molecule has 0 saturated carbocycles. The predicted molar refractivity (Wildman–Crippen MR) is 110 cm³/mol. The lowest BCUT2D eigenvalue weighted by Gasteiger charge is -2.34. The first-order valence-electron chi connectivity index (χ1n) is 9.53. The molecule has 154 valence electrons. The number of amides is 3. The predicted octanol–water partition coefficient (Wildman–Crippen LogP) is 2.67. The third-order valence-corrected chi connectivity index (χ3v) is 6.24. The van der Waals surface area contributed by atoms with Crippen LogP contribution in [-0.2, 0) is 9.59 Å². The van der Waals surface area contributed by atoms with Gasteiger partial charge in [-0.25, -0.2) is 4.39 Å². The molecule has 1 N–H and O–H groups in total. The molecule has 0 unspecified atom stereocenters. The number of thiophene rings is 1. The number of halogens is 1. The molecule has 0 aliphatic carbocycles. The summed E-state index contributed by atoms with van der Waals surface area (Å²) in [4.78, 5) is 41.0. The average molecular weight is 418 g/mol. The van der Waals surface area contributed by atoms with E-state index in [-0.39, 0.29) is 36.5 Å². The molecule has 2 aromatic rings. The van der Waals surface area contributed by atoms with Crippen LogP contribution in [0.2, 0.25) is 0 Å². The number of benzene rings is 1. The number of aryl methyl sites for hydroxylation is 1. The second-order valence-corrected chi connectivity index (χ2v) is 8.07. The van der Waals surface area contributed by atoms with Gasteiger partial charge in [-0.2, -0.15) is 0 Å². The second kappa shape index (κ2) is 9.17. The minimum Gasteiger partial charge on any atom is -0.351 e. The zero-order valence-electron chi connectivity index (χ0n) is 16.5. The third-order valence-electron chi connectivity index (χ3n) is 4.95. The van der Waals surface area contributed by atoms with Gasteiger partial charge in [-0.3, -0.25) is 14.4 Å². The first kappa shape index (κ1) is 21.0. The zero-order valence-corrected chi connectivity index (χ0v) is 17.4. The number of nitrogens with zero attached hydrogens (tertiary/aromatic N) is 2. The Balaban J connectivity index is 1.50. The normalized spacial score (nSPS) is 14.0. The number of hydrogen-bond acceptors (Lipinski definition) is 4. The maximum atomic E-state index is 13.1. The molecule has 6 nitrogen and oxygen atoms in total. The van der Waals surface area contributed by atoms with Crippen molar-refractivity contribution in [2.75, 3.05) is 32.7 Å². The lowest BCUT2D eigenvalue weighted by molar-refractivity contribution is -0.138. The van der Waals surface area contributed by atoms with Gasteiger partial charge in [0.25, 0.3) is 5.91 Å². The van der Waals surface area contributed by atoms with E-state index in [1.54, 1.807) is 21.9 Å². The van der Waals surface area contributed by atoms with Gasteiger partial charge in [0, 0.05) is 50.9 Å². The van der Waals surface area contributed by atoms with Crippen molar-refractivity contribution in [3.63, 3.8) is 0 Å². The van der Waals surface area contributed by atoms with Gasteiger partial charge in [0.1, 0.15) is 5.82 Å². The summed E-state index contributed by atoms with van der Waals surface area (Å²) in [6, 6.07) is 7.99. The van der Waals surface area contributed by atoms with Crippen molar-refractivity contribution in [2.45, 2.75) is 20.3 Å². The quantitative estimate of drug-likeness (QED) is 0.813. The van der Waals surface area contributed by atoms with Gasteiger partial charge in [0.05, 0.1) is 4.88 Å². The van der Waals surface area contributed by atoms with Crippen molar-refractivity contribution in [2.24, 2.45) is 0 Å². The Morgan fingerprint density at radius 2 is 1.69 bits per heavy atom. The SMILES string of the molecule is CC(=O)N1CCN(C(=O)CCNC(=O)c2cc(C)c(-c3ccc(F)cc3)s2)CC1. The van der Waals surface area contributed by atoms with Crippen LogP contribution in [0.1, 0.15) is 28.6 Å². The van der Waals surface area contributed by atoms with Crippen molar-refractivity contribution in [3.05, 3.63) is 46.6 Å². The number of nitrogens with one attached hydrogen (secondary N) is 1. The smallest absolute Gasteiger partial charge is 0.261 e. The van der Waals surface area contributed by atoms with Gasteiger partial charge in [-0.15, -0.1) is 11.3 Å². The summed E-state index contributed by atoms with van der Waals surface area (Å²) in [5.74, 6) is -0.521. The molecule has 1 fully saturated rings. The first-order chi connectivity index (χ1) is 13.8. The van der Waals surface area contributed by atoms with Gasteiger partial charge in [-0.1, -0.05) is 12.1 Å². The van der Waals surface area contributed by atoms with Crippen molar-refractivity contribution >= 4 is 29.1 Å². The molecule has 1 aliphatic heterocycles. The lowest BCUT2D eigenvalue weighted by Crippen LogP contribution is -2.50. The Kier molecular flexibility index (Phi) is 6.64. The van der Waals surface area contributed by atoms with Gasteiger partial charge >= 0.3 is 0 Å². The molecule has 1 aliphatic rings. The number of piperazine rings is 1. The maximum absolute atomic E-state index is 13.1. The van der Waals surface area contributed by atoms with Crippen LogP contribution in [0, 0.1) is 12.7 Å². The van der Waals surface area contributed by atoms with E-state index in [1.165, 1.54) is 30.4 Å². The molecule has 1 saturated heterocycles. The Hall–Kier alpha value is -2.74. The van der Waals surface area contributed by atoms with E-state index in [0.717, 1.165) is 16.0 Å². The molecule has 1 aromatic carbocycles. The summed E-state index contributed by atoms with van der Waals surface area (Å²) in [7, 11) is 0. The highest BCUT2D eigenvalue weighted by Crippen LogP contribution is 2.32. The molecule has 0 radical (unpaired) electrons.